The molecule has 0 bridgehead atoms. The van der Waals surface area contributed by atoms with Gasteiger partial charge in [0.05, 0.1) is 6.61 Å². The topological polar surface area (TPSA) is 72.5 Å². The zero-order valence-electron chi connectivity index (χ0n) is 10.2. The average molecular weight is 237 g/mol. The molecule has 0 heterocycles. The zero-order valence-corrected chi connectivity index (χ0v) is 10.2. The Balaban J connectivity index is 2.63. The van der Waals surface area contributed by atoms with E-state index in [0.29, 0.717) is 23.8 Å². The van der Waals surface area contributed by atoms with E-state index in [-0.39, 0.29) is 0 Å². The van der Waals surface area contributed by atoms with Crippen LogP contribution in [-0.2, 0) is 4.79 Å². The molecule has 3 N–H and O–H groups in total. The second kappa shape index (κ2) is 6.25. The molecule has 17 heavy (non-hydrogen) atoms. The Morgan fingerprint density at radius 2 is 2.18 bits per heavy atom. The van der Waals surface area contributed by atoms with Crippen LogP contribution in [0.4, 0.5) is 0 Å². The van der Waals surface area contributed by atoms with Crippen LogP contribution in [0.25, 0.3) is 0 Å². The van der Waals surface area contributed by atoms with Gasteiger partial charge >= 0.3 is 5.97 Å². The largest absolute Gasteiger partial charge is 0.494 e. The Bertz CT molecular complexity index is 377. The third-order valence-corrected chi connectivity index (χ3v) is 2.45. The van der Waals surface area contributed by atoms with Crippen LogP contribution in [0.5, 0.6) is 5.75 Å². The predicted octanol–water partition coefficient (Wildman–Crippen LogP) is 2.20. The summed E-state index contributed by atoms with van der Waals surface area (Å²) in [5, 5.41) is 8.81. The lowest BCUT2D eigenvalue weighted by molar-refractivity contribution is -0.138. The summed E-state index contributed by atoms with van der Waals surface area (Å²) in [4.78, 5) is 10.7. The van der Waals surface area contributed by atoms with Gasteiger partial charge < -0.3 is 15.6 Å². The number of carbonyl (C=O) groups is 1. The first-order valence-electron chi connectivity index (χ1n) is 5.72. The van der Waals surface area contributed by atoms with Crippen molar-refractivity contribution in [3.8, 4) is 5.75 Å². The molecule has 0 radical (unpaired) electrons. The summed E-state index contributed by atoms with van der Waals surface area (Å²) < 4.78 is 5.54. The van der Waals surface area contributed by atoms with Gasteiger partial charge in [-0.2, -0.15) is 0 Å². The second-order valence-electron chi connectivity index (χ2n) is 4.42. The molecule has 4 nitrogen and oxygen atoms in total. The van der Waals surface area contributed by atoms with Gasteiger partial charge in [-0.1, -0.05) is 26.0 Å². The highest BCUT2D eigenvalue weighted by Crippen LogP contribution is 2.18. The van der Waals surface area contributed by atoms with Crippen molar-refractivity contribution in [3.63, 3.8) is 0 Å². The van der Waals surface area contributed by atoms with E-state index < -0.39 is 12.0 Å². The molecule has 0 fully saturated rings. The van der Waals surface area contributed by atoms with E-state index in [1.807, 2.05) is 0 Å². The standard InChI is InChI=1S/C13H19NO3/c1-9(2)6-7-17-11-5-3-4-10(8-11)12(14)13(15)16/h3-5,8-9,12H,6-7,14H2,1-2H3,(H,15,16). The average Bonchev–Trinajstić information content (AvgIpc) is 2.28. The van der Waals surface area contributed by atoms with E-state index in [1.165, 1.54) is 0 Å². The van der Waals surface area contributed by atoms with E-state index >= 15 is 0 Å². The van der Waals surface area contributed by atoms with Crippen LogP contribution >= 0.6 is 0 Å². The van der Waals surface area contributed by atoms with E-state index in [4.69, 9.17) is 15.6 Å². The minimum absolute atomic E-state index is 0.555. The number of rotatable bonds is 6. The maximum atomic E-state index is 10.7. The van der Waals surface area contributed by atoms with E-state index in [9.17, 15) is 4.79 Å². The van der Waals surface area contributed by atoms with Crippen LogP contribution in [-0.4, -0.2) is 17.7 Å². The minimum atomic E-state index is -1.04. The third-order valence-electron chi connectivity index (χ3n) is 2.45. The second-order valence-corrected chi connectivity index (χ2v) is 4.42. The molecule has 0 aromatic heterocycles. The maximum Gasteiger partial charge on any atom is 0.325 e. The summed E-state index contributed by atoms with van der Waals surface area (Å²) in [5.74, 6) is 0.212. The fourth-order valence-corrected chi connectivity index (χ4v) is 1.35. The molecule has 0 amide bonds. The van der Waals surface area contributed by atoms with Crippen molar-refractivity contribution in [3.05, 3.63) is 29.8 Å². The van der Waals surface area contributed by atoms with E-state index in [2.05, 4.69) is 13.8 Å². The lowest BCUT2D eigenvalue weighted by Crippen LogP contribution is -2.20. The van der Waals surface area contributed by atoms with Gasteiger partial charge in [0, 0.05) is 0 Å². The first-order chi connectivity index (χ1) is 8.00. The van der Waals surface area contributed by atoms with Gasteiger partial charge in [-0.15, -0.1) is 0 Å². The fraction of sp³-hybridized carbons (Fsp3) is 0.462. The van der Waals surface area contributed by atoms with Crippen molar-refractivity contribution >= 4 is 5.97 Å². The summed E-state index contributed by atoms with van der Waals surface area (Å²) in [5.41, 5.74) is 6.08. The van der Waals surface area contributed by atoms with Gasteiger partial charge in [0.25, 0.3) is 0 Å². The van der Waals surface area contributed by atoms with Crippen molar-refractivity contribution < 1.29 is 14.6 Å². The molecular weight excluding hydrogens is 218 g/mol. The molecular formula is C13H19NO3. The monoisotopic (exact) mass is 237 g/mol. The van der Waals surface area contributed by atoms with Crippen LogP contribution in [0.1, 0.15) is 31.9 Å². The highest BCUT2D eigenvalue weighted by Gasteiger charge is 2.14. The molecule has 1 aromatic rings. The van der Waals surface area contributed by atoms with Crippen LogP contribution in [0.2, 0.25) is 0 Å². The van der Waals surface area contributed by atoms with Crippen LogP contribution < -0.4 is 10.5 Å². The molecule has 4 heteroatoms. The molecule has 1 unspecified atom stereocenters. The summed E-state index contributed by atoms with van der Waals surface area (Å²) in [7, 11) is 0. The van der Waals surface area contributed by atoms with Crippen LogP contribution in [0.3, 0.4) is 0 Å². The van der Waals surface area contributed by atoms with Gasteiger partial charge in [-0.25, -0.2) is 0 Å². The molecule has 0 saturated heterocycles. The maximum absolute atomic E-state index is 10.7. The number of ether oxygens (including phenoxy) is 1. The molecule has 0 aliphatic heterocycles. The number of carboxylic acid groups (broad SMARTS) is 1. The summed E-state index contributed by atoms with van der Waals surface area (Å²) in [6, 6.07) is 5.93. The number of nitrogens with two attached hydrogens (primary N) is 1. The highest BCUT2D eigenvalue weighted by molar-refractivity contribution is 5.75. The van der Waals surface area contributed by atoms with Crippen molar-refractivity contribution in [2.45, 2.75) is 26.3 Å². The molecule has 1 atom stereocenters. The van der Waals surface area contributed by atoms with Gasteiger partial charge in [0.15, 0.2) is 0 Å². The quantitative estimate of drug-likeness (QED) is 0.795. The Hall–Kier alpha value is -1.55. The van der Waals surface area contributed by atoms with Gasteiger partial charge in [0.2, 0.25) is 0 Å². The zero-order chi connectivity index (χ0) is 12.8. The summed E-state index contributed by atoms with van der Waals surface area (Å²) in [6.07, 6.45) is 0.967. The number of hydrogen-bond donors (Lipinski definition) is 2. The van der Waals surface area contributed by atoms with Crippen molar-refractivity contribution in [2.24, 2.45) is 11.7 Å². The van der Waals surface area contributed by atoms with Crippen molar-refractivity contribution in [1.82, 2.24) is 0 Å². The Morgan fingerprint density at radius 1 is 1.47 bits per heavy atom. The Kier molecular flexibility index (Phi) is 4.97. The van der Waals surface area contributed by atoms with Crippen molar-refractivity contribution in [1.29, 1.82) is 0 Å². The number of aliphatic carboxylic acids is 1. The first-order valence-corrected chi connectivity index (χ1v) is 5.72. The smallest absolute Gasteiger partial charge is 0.325 e. The first kappa shape index (κ1) is 13.5. The van der Waals surface area contributed by atoms with E-state index in [0.717, 1.165) is 6.42 Å². The fourth-order valence-electron chi connectivity index (χ4n) is 1.35. The van der Waals surface area contributed by atoms with Crippen LogP contribution in [0.15, 0.2) is 24.3 Å². The number of benzene rings is 1. The molecule has 1 aromatic carbocycles. The Morgan fingerprint density at radius 3 is 2.76 bits per heavy atom. The van der Waals surface area contributed by atoms with Crippen LogP contribution in [0, 0.1) is 5.92 Å². The van der Waals surface area contributed by atoms with E-state index in [1.54, 1.807) is 24.3 Å². The number of carboxylic acids is 1. The molecule has 0 aliphatic rings. The summed E-state index contributed by atoms with van der Waals surface area (Å²) >= 11 is 0. The lowest BCUT2D eigenvalue weighted by Gasteiger charge is -2.11. The van der Waals surface area contributed by atoms with Gasteiger partial charge in [-0.3, -0.25) is 4.79 Å². The molecule has 0 aliphatic carbocycles. The SMILES string of the molecule is CC(C)CCOc1cccc(C(N)C(=O)O)c1. The number of hydrogen-bond acceptors (Lipinski definition) is 3. The highest BCUT2D eigenvalue weighted by atomic mass is 16.5. The van der Waals surface area contributed by atoms with Crippen molar-refractivity contribution in [2.75, 3.05) is 6.61 Å². The van der Waals surface area contributed by atoms with Gasteiger partial charge in [0.1, 0.15) is 11.8 Å². The minimum Gasteiger partial charge on any atom is -0.494 e. The third kappa shape index (κ3) is 4.44. The molecule has 0 spiro atoms. The predicted molar refractivity (Wildman–Crippen MR) is 66.0 cm³/mol. The normalized spacial score (nSPS) is 12.5. The molecule has 94 valence electrons. The van der Waals surface area contributed by atoms with Gasteiger partial charge in [-0.05, 0) is 30.0 Å². The molecule has 1 rings (SSSR count). The summed E-state index contributed by atoms with van der Waals surface area (Å²) in [6.45, 7) is 4.88. The molecule has 0 saturated carbocycles. The Labute approximate surface area is 101 Å². The lowest BCUT2D eigenvalue weighted by atomic mass is 10.1.